The fourth-order valence-corrected chi connectivity index (χ4v) is 3.27. The smallest absolute Gasteiger partial charge is 0.282 e. The van der Waals surface area contributed by atoms with Gasteiger partial charge in [0.05, 0.1) is 12.2 Å². The lowest BCUT2D eigenvalue weighted by Crippen LogP contribution is -2.34. The molecule has 6 nitrogen and oxygen atoms in total. The van der Waals surface area contributed by atoms with Crippen LogP contribution >= 0.6 is 11.5 Å². The van der Waals surface area contributed by atoms with Gasteiger partial charge < -0.3 is 15.5 Å². The Morgan fingerprint density at radius 3 is 2.39 bits per heavy atom. The van der Waals surface area contributed by atoms with Gasteiger partial charge in [0.1, 0.15) is 0 Å². The van der Waals surface area contributed by atoms with Gasteiger partial charge in [-0.05, 0) is 37.2 Å². The molecule has 1 unspecified atom stereocenters. The number of aliphatic hydroxyl groups is 2. The highest BCUT2D eigenvalue weighted by atomic mass is 32.1. The Bertz CT molecular complexity index is 650. The lowest BCUT2D eigenvalue weighted by Gasteiger charge is -2.14. The third kappa shape index (κ3) is 3.93. The second-order valence-corrected chi connectivity index (χ2v) is 6.50. The van der Waals surface area contributed by atoms with Crippen molar-refractivity contribution in [1.82, 2.24) is 14.7 Å². The van der Waals surface area contributed by atoms with Gasteiger partial charge in [0.15, 0.2) is 5.82 Å². The van der Waals surface area contributed by atoms with E-state index in [0.29, 0.717) is 36.5 Å². The SMILES string of the molecule is O=C(NC1CC[C@@H](O)[C@@H](O)CC1)c1nc(-c2ccccc2)ns1. The summed E-state index contributed by atoms with van der Waals surface area (Å²) in [6, 6.07) is 9.46. The summed E-state index contributed by atoms with van der Waals surface area (Å²) in [4.78, 5) is 16.6. The van der Waals surface area contributed by atoms with Crippen molar-refractivity contribution in [2.75, 3.05) is 0 Å². The van der Waals surface area contributed by atoms with Crippen molar-refractivity contribution in [2.45, 2.75) is 43.9 Å². The maximum Gasteiger partial charge on any atom is 0.282 e. The Hall–Kier alpha value is -1.83. The van der Waals surface area contributed by atoms with Crippen LogP contribution in [0.25, 0.3) is 11.4 Å². The van der Waals surface area contributed by atoms with Crippen molar-refractivity contribution >= 4 is 17.4 Å². The molecule has 1 aliphatic carbocycles. The summed E-state index contributed by atoms with van der Waals surface area (Å²) in [5.74, 6) is 0.299. The Morgan fingerprint density at radius 2 is 1.74 bits per heavy atom. The first kappa shape index (κ1) is 16.0. The zero-order valence-corrected chi connectivity index (χ0v) is 13.4. The number of aliphatic hydroxyl groups excluding tert-OH is 2. The molecule has 1 aromatic carbocycles. The number of nitrogens with one attached hydrogen (secondary N) is 1. The third-order valence-electron chi connectivity index (χ3n) is 4.05. The van der Waals surface area contributed by atoms with E-state index in [2.05, 4.69) is 14.7 Å². The van der Waals surface area contributed by atoms with E-state index in [1.54, 1.807) is 0 Å². The molecule has 1 fully saturated rings. The zero-order chi connectivity index (χ0) is 16.2. The number of carbonyl (C=O) groups excluding carboxylic acids is 1. The minimum Gasteiger partial charge on any atom is -0.390 e. The summed E-state index contributed by atoms with van der Waals surface area (Å²) in [7, 11) is 0. The molecule has 0 saturated heterocycles. The first-order valence-corrected chi connectivity index (χ1v) is 8.47. The summed E-state index contributed by atoms with van der Waals surface area (Å²) in [5, 5.41) is 22.6. The largest absolute Gasteiger partial charge is 0.390 e. The molecular weight excluding hydrogens is 314 g/mol. The third-order valence-corrected chi connectivity index (χ3v) is 4.77. The van der Waals surface area contributed by atoms with Gasteiger partial charge in [-0.2, -0.15) is 4.37 Å². The number of benzene rings is 1. The maximum absolute atomic E-state index is 12.3. The van der Waals surface area contributed by atoms with Crippen LogP contribution in [0.2, 0.25) is 0 Å². The molecule has 0 bridgehead atoms. The molecule has 3 atom stereocenters. The Morgan fingerprint density at radius 1 is 1.09 bits per heavy atom. The molecule has 23 heavy (non-hydrogen) atoms. The standard InChI is InChI=1S/C16H19N3O3S/c20-12-8-6-11(7-9-13(12)21)17-15(22)16-18-14(19-23-16)10-4-2-1-3-5-10/h1-5,11-13,20-21H,6-9H2,(H,17,22)/t11?,12-,13+. The number of rotatable bonds is 3. The Labute approximate surface area is 138 Å². The van der Waals surface area contributed by atoms with Crippen LogP contribution in [-0.4, -0.2) is 43.7 Å². The number of amides is 1. The van der Waals surface area contributed by atoms with E-state index in [9.17, 15) is 15.0 Å². The summed E-state index contributed by atoms with van der Waals surface area (Å²) < 4.78 is 4.23. The van der Waals surface area contributed by atoms with Gasteiger partial charge in [0, 0.05) is 11.6 Å². The molecular formula is C16H19N3O3S. The molecule has 0 spiro atoms. The normalized spacial score (nSPS) is 24.9. The van der Waals surface area contributed by atoms with Gasteiger partial charge in [-0.25, -0.2) is 4.98 Å². The summed E-state index contributed by atoms with van der Waals surface area (Å²) in [6.07, 6.45) is 0.851. The number of hydrogen-bond acceptors (Lipinski definition) is 6. The highest BCUT2D eigenvalue weighted by Gasteiger charge is 2.26. The van der Waals surface area contributed by atoms with E-state index in [0.717, 1.165) is 17.1 Å². The van der Waals surface area contributed by atoms with Gasteiger partial charge >= 0.3 is 0 Å². The quantitative estimate of drug-likeness (QED) is 0.742. The number of nitrogens with zero attached hydrogens (tertiary/aromatic N) is 2. The fourth-order valence-electron chi connectivity index (χ4n) is 2.68. The summed E-state index contributed by atoms with van der Waals surface area (Å²) in [5.41, 5.74) is 0.878. The van der Waals surface area contributed by atoms with Gasteiger partial charge in [-0.15, -0.1) is 0 Å². The Balaban J connectivity index is 1.64. The van der Waals surface area contributed by atoms with Crippen LogP contribution in [0.15, 0.2) is 30.3 Å². The van der Waals surface area contributed by atoms with Crippen molar-refractivity contribution in [2.24, 2.45) is 0 Å². The summed E-state index contributed by atoms with van der Waals surface area (Å²) in [6.45, 7) is 0. The zero-order valence-electron chi connectivity index (χ0n) is 12.6. The highest BCUT2D eigenvalue weighted by Crippen LogP contribution is 2.20. The van der Waals surface area contributed by atoms with E-state index < -0.39 is 12.2 Å². The monoisotopic (exact) mass is 333 g/mol. The van der Waals surface area contributed by atoms with E-state index in [1.165, 1.54) is 0 Å². The lowest BCUT2D eigenvalue weighted by molar-refractivity contribution is 0.0157. The van der Waals surface area contributed by atoms with Crippen molar-refractivity contribution in [3.05, 3.63) is 35.3 Å². The molecule has 0 radical (unpaired) electrons. The van der Waals surface area contributed by atoms with E-state index >= 15 is 0 Å². The van der Waals surface area contributed by atoms with Crippen LogP contribution in [0.5, 0.6) is 0 Å². The van der Waals surface area contributed by atoms with E-state index in [1.807, 2.05) is 30.3 Å². The minimum absolute atomic E-state index is 0.0571. The van der Waals surface area contributed by atoms with Crippen molar-refractivity contribution in [3.63, 3.8) is 0 Å². The van der Waals surface area contributed by atoms with E-state index in [4.69, 9.17) is 0 Å². The number of hydrogen-bond donors (Lipinski definition) is 3. The first-order valence-electron chi connectivity index (χ1n) is 7.69. The van der Waals surface area contributed by atoms with Crippen LogP contribution in [0.4, 0.5) is 0 Å². The van der Waals surface area contributed by atoms with Crippen LogP contribution < -0.4 is 5.32 Å². The molecule has 2 aromatic rings. The molecule has 0 aliphatic heterocycles. The molecule has 3 N–H and O–H groups in total. The number of aromatic nitrogens is 2. The molecule has 7 heteroatoms. The van der Waals surface area contributed by atoms with Crippen LogP contribution in [-0.2, 0) is 0 Å². The van der Waals surface area contributed by atoms with Gasteiger partial charge in [-0.3, -0.25) is 4.79 Å². The maximum atomic E-state index is 12.3. The minimum atomic E-state index is -0.705. The summed E-state index contributed by atoms with van der Waals surface area (Å²) >= 11 is 1.08. The van der Waals surface area contributed by atoms with Crippen LogP contribution in [0, 0.1) is 0 Å². The van der Waals surface area contributed by atoms with Gasteiger partial charge in [0.25, 0.3) is 5.91 Å². The topological polar surface area (TPSA) is 95.3 Å². The second kappa shape index (κ2) is 7.16. The predicted octanol–water partition coefficient (Wildman–Crippen LogP) is 1.60. The van der Waals surface area contributed by atoms with Crippen LogP contribution in [0.3, 0.4) is 0 Å². The average molecular weight is 333 g/mol. The molecule has 1 saturated carbocycles. The van der Waals surface area contributed by atoms with E-state index in [-0.39, 0.29) is 11.9 Å². The van der Waals surface area contributed by atoms with Crippen molar-refractivity contribution < 1.29 is 15.0 Å². The van der Waals surface area contributed by atoms with Gasteiger partial charge in [0.2, 0.25) is 5.01 Å². The second-order valence-electron chi connectivity index (χ2n) is 5.75. The van der Waals surface area contributed by atoms with Crippen LogP contribution in [0.1, 0.15) is 35.5 Å². The molecule has 1 heterocycles. The number of carbonyl (C=O) groups is 1. The molecule has 1 amide bonds. The predicted molar refractivity (Wildman–Crippen MR) is 87.1 cm³/mol. The lowest BCUT2D eigenvalue weighted by atomic mass is 10.1. The van der Waals surface area contributed by atoms with Crippen molar-refractivity contribution in [1.29, 1.82) is 0 Å². The van der Waals surface area contributed by atoms with Gasteiger partial charge in [-0.1, -0.05) is 30.3 Å². The molecule has 122 valence electrons. The molecule has 1 aliphatic rings. The first-order chi connectivity index (χ1) is 11.1. The highest BCUT2D eigenvalue weighted by molar-refractivity contribution is 7.07. The Kier molecular flexibility index (Phi) is 5.00. The molecule has 1 aromatic heterocycles. The fraction of sp³-hybridized carbons (Fsp3) is 0.438. The molecule has 3 rings (SSSR count). The average Bonchev–Trinajstić information content (AvgIpc) is 3.02. The van der Waals surface area contributed by atoms with Crippen molar-refractivity contribution in [3.8, 4) is 11.4 Å².